The largest absolute Gasteiger partial charge is 0.391 e. The Morgan fingerprint density at radius 1 is 1.36 bits per heavy atom. The molecule has 122 valence electrons. The Balaban J connectivity index is 1.74. The Hall–Kier alpha value is -1.53. The van der Waals surface area contributed by atoms with Gasteiger partial charge in [0.25, 0.3) is 0 Å². The first-order valence-electron chi connectivity index (χ1n) is 7.90. The van der Waals surface area contributed by atoms with Crippen molar-refractivity contribution in [2.45, 2.75) is 38.2 Å². The monoisotopic (exact) mass is 307 g/mol. The van der Waals surface area contributed by atoms with E-state index in [0.29, 0.717) is 25.9 Å². The maximum atomic E-state index is 12.2. The van der Waals surface area contributed by atoms with Crippen LogP contribution in [0.1, 0.15) is 31.4 Å². The third-order valence-corrected chi connectivity index (χ3v) is 4.09. The van der Waals surface area contributed by atoms with Crippen molar-refractivity contribution in [1.82, 2.24) is 14.9 Å². The van der Waals surface area contributed by atoms with E-state index in [2.05, 4.69) is 9.97 Å². The first-order valence-corrected chi connectivity index (χ1v) is 7.90. The van der Waals surface area contributed by atoms with Crippen molar-refractivity contribution in [2.24, 2.45) is 5.92 Å². The van der Waals surface area contributed by atoms with E-state index in [1.165, 1.54) is 0 Å². The zero-order chi connectivity index (χ0) is 15.8. The van der Waals surface area contributed by atoms with Gasteiger partial charge in [0.05, 0.1) is 11.8 Å². The first kappa shape index (κ1) is 16.8. The van der Waals surface area contributed by atoms with Crippen LogP contribution in [0.4, 0.5) is 0 Å². The first-order chi connectivity index (χ1) is 10.7. The molecule has 0 radical (unpaired) electrons. The van der Waals surface area contributed by atoms with Crippen molar-refractivity contribution in [3.05, 3.63) is 24.3 Å². The van der Waals surface area contributed by atoms with Gasteiger partial charge in [0.15, 0.2) is 0 Å². The number of aliphatic hydroxyl groups excluding tert-OH is 1. The summed E-state index contributed by atoms with van der Waals surface area (Å²) in [5, 5.41) is 10.2. The van der Waals surface area contributed by atoms with Crippen molar-refractivity contribution in [1.29, 1.82) is 0 Å². The molecule has 0 saturated carbocycles. The number of amides is 1. The number of unbranched alkanes of at least 4 members (excludes halogenated alkanes) is 2. The number of β-amino-alcohol motifs (C(OH)–C–C–N with tert-alkyl or cyclic N) is 1. The van der Waals surface area contributed by atoms with Crippen LogP contribution in [0.25, 0.3) is 0 Å². The van der Waals surface area contributed by atoms with Crippen molar-refractivity contribution in [3.63, 3.8) is 0 Å². The molecule has 1 N–H and O–H groups in total. The van der Waals surface area contributed by atoms with Gasteiger partial charge in [-0.25, -0.2) is 0 Å². The van der Waals surface area contributed by atoms with Crippen molar-refractivity contribution >= 4 is 5.91 Å². The van der Waals surface area contributed by atoms with Crippen LogP contribution in [0, 0.1) is 5.92 Å². The minimum atomic E-state index is -0.473. The van der Waals surface area contributed by atoms with Crippen LogP contribution < -0.4 is 0 Å². The topological polar surface area (TPSA) is 75.5 Å². The molecule has 1 aliphatic rings. The third kappa shape index (κ3) is 5.03. The molecule has 2 unspecified atom stereocenters. The summed E-state index contributed by atoms with van der Waals surface area (Å²) in [6, 6.07) is 0. The molecule has 22 heavy (non-hydrogen) atoms. The van der Waals surface area contributed by atoms with Crippen LogP contribution in [-0.4, -0.2) is 58.8 Å². The summed E-state index contributed by atoms with van der Waals surface area (Å²) in [7, 11) is 1.69. The van der Waals surface area contributed by atoms with Crippen LogP contribution in [-0.2, 0) is 16.0 Å². The van der Waals surface area contributed by atoms with E-state index in [9.17, 15) is 9.90 Å². The number of carbonyl (C=O) groups is 1. The Morgan fingerprint density at radius 2 is 2.23 bits per heavy atom. The number of nitrogens with zero attached hydrogens (tertiary/aromatic N) is 3. The molecule has 0 spiro atoms. The molecule has 1 aromatic heterocycles. The van der Waals surface area contributed by atoms with E-state index >= 15 is 0 Å². The Kier molecular flexibility index (Phi) is 6.74. The van der Waals surface area contributed by atoms with Gasteiger partial charge >= 0.3 is 0 Å². The summed E-state index contributed by atoms with van der Waals surface area (Å²) >= 11 is 0. The van der Waals surface area contributed by atoms with Gasteiger partial charge in [0.2, 0.25) is 5.91 Å². The fourth-order valence-corrected chi connectivity index (χ4v) is 2.82. The second-order valence-corrected chi connectivity index (χ2v) is 5.83. The maximum absolute atomic E-state index is 12.2. The highest BCUT2D eigenvalue weighted by molar-refractivity contribution is 5.76. The molecule has 2 atom stereocenters. The van der Waals surface area contributed by atoms with Gasteiger partial charge in [-0.2, -0.15) is 0 Å². The second-order valence-electron chi connectivity index (χ2n) is 5.83. The predicted octanol–water partition coefficient (Wildman–Crippen LogP) is 1.05. The molecule has 2 rings (SSSR count). The number of rotatable bonds is 8. The summed E-state index contributed by atoms with van der Waals surface area (Å²) in [6.07, 6.45) is 8.60. The summed E-state index contributed by atoms with van der Waals surface area (Å²) in [4.78, 5) is 22.2. The quantitative estimate of drug-likeness (QED) is 0.726. The number of hydrogen-bond donors (Lipinski definition) is 1. The van der Waals surface area contributed by atoms with E-state index < -0.39 is 6.10 Å². The zero-order valence-corrected chi connectivity index (χ0v) is 13.1. The summed E-state index contributed by atoms with van der Waals surface area (Å²) in [5.74, 6) is 0.187. The number of aromatic nitrogens is 2. The molecular weight excluding hydrogens is 282 g/mol. The number of hydrogen-bond acceptors (Lipinski definition) is 5. The van der Waals surface area contributed by atoms with Gasteiger partial charge in [-0.05, 0) is 19.3 Å². The number of ether oxygens (including phenoxy) is 1. The van der Waals surface area contributed by atoms with E-state index in [-0.39, 0.29) is 11.8 Å². The van der Waals surface area contributed by atoms with Gasteiger partial charge in [-0.3, -0.25) is 14.8 Å². The normalized spacial score (nSPS) is 21.3. The number of likely N-dealkylation sites (tertiary alicyclic amines) is 1. The number of methoxy groups -OCH3 is 1. The summed E-state index contributed by atoms with van der Waals surface area (Å²) in [6.45, 7) is 1.79. The van der Waals surface area contributed by atoms with Crippen LogP contribution in [0.2, 0.25) is 0 Å². The molecule has 0 aliphatic carbocycles. The third-order valence-electron chi connectivity index (χ3n) is 4.09. The molecule has 1 aromatic rings. The fourth-order valence-electron chi connectivity index (χ4n) is 2.82. The molecule has 6 heteroatoms. The highest BCUT2D eigenvalue weighted by atomic mass is 16.5. The lowest BCUT2D eigenvalue weighted by Gasteiger charge is -2.16. The lowest BCUT2D eigenvalue weighted by Crippen LogP contribution is -2.29. The standard InChI is InChI=1S/C16H25N3O3/c1-22-8-4-2-3-5-16(21)19-11-13(15(20)12-19)9-14-10-17-6-7-18-14/h6-7,10,13,15,20H,2-5,8-9,11-12H2,1H3. The number of carbonyl (C=O) groups excluding carboxylic acids is 1. The Morgan fingerprint density at radius 3 is 2.95 bits per heavy atom. The zero-order valence-electron chi connectivity index (χ0n) is 13.1. The smallest absolute Gasteiger partial charge is 0.222 e. The Labute approximate surface area is 131 Å². The average molecular weight is 307 g/mol. The van der Waals surface area contributed by atoms with Gasteiger partial charge in [-0.15, -0.1) is 0 Å². The number of aliphatic hydroxyl groups is 1. The van der Waals surface area contributed by atoms with Crippen LogP contribution >= 0.6 is 0 Å². The van der Waals surface area contributed by atoms with Gasteiger partial charge in [0, 0.05) is 57.7 Å². The Bertz CT molecular complexity index is 455. The van der Waals surface area contributed by atoms with Crippen LogP contribution in [0.3, 0.4) is 0 Å². The lowest BCUT2D eigenvalue weighted by molar-refractivity contribution is -0.130. The van der Waals surface area contributed by atoms with Gasteiger partial charge in [0.1, 0.15) is 0 Å². The predicted molar refractivity (Wildman–Crippen MR) is 82.2 cm³/mol. The highest BCUT2D eigenvalue weighted by Gasteiger charge is 2.33. The molecule has 2 heterocycles. The molecule has 1 aliphatic heterocycles. The highest BCUT2D eigenvalue weighted by Crippen LogP contribution is 2.21. The molecule has 1 saturated heterocycles. The van der Waals surface area contributed by atoms with E-state index in [1.807, 2.05) is 0 Å². The molecule has 0 bridgehead atoms. The van der Waals surface area contributed by atoms with E-state index in [4.69, 9.17) is 4.74 Å². The summed E-state index contributed by atoms with van der Waals surface area (Å²) < 4.78 is 4.99. The van der Waals surface area contributed by atoms with Gasteiger partial charge in [-0.1, -0.05) is 6.42 Å². The SMILES string of the molecule is COCCCCCC(=O)N1CC(O)C(Cc2cnccn2)C1. The second kappa shape index (κ2) is 8.80. The average Bonchev–Trinajstić information content (AvgIpc) is 2.89. The van der Waals surface area contributed by atoms with Crippen molar-refractivity contribution in [3.8, 4) is 0 Å². The molecule has 0 aromatic carbocycles. The minimum absolute atomic E-state index is 0.0501. The maximum Gasteiger partial charge on any atom is 0.222 e. The van der Waals surface area contributed by atoms with Crippen molar-refractivity contribution < 1.29 is 14.6 Å². The molecule has 1 fully saturated rings. The van der Waals surface area contributed by atoms with Crippen LogP contribution in [0.5, 0.6) is 0 Å². The lowest BCUT2D eigenvalue weighted by atomic mass is 10.0. The van der Waals surface area contributed by atoms with Crippen LogP contribution in [0.15, 0.2) is 18.6 Å². The fraction of sp³-hybridized carbons (Fsp3) is 0.688. The van der Waals surface area contributed by atoms with E-state index in [0.717, 1.165) is 31.6 Å². The van der Waals surface area contributed by atoms with Crippen molar-refractivity contribution in [2.75, 3.05) is 26.8 Å². The van der Waals surface area contributed by atoms with Gasteiger partial charge < -0.3 is 14.7 Å². The van der Waals surface area contributed by atoms with E-state index in [1.54, 1.807) is 30.6 Å². The summed E-state index contributed by atoms with van der Waals surface area (Å²) in [5.41, 5.74) is 0.861. The molecule has 1 amide bonds. The minimum Gasteiger partial charge on any atom is -0.391 e. The molecule has 6 nitrogen and oxygen atoms in total. The molecular formula is C16H25N3O3.